The highest BCUT2D eigenvalue weighted by molar-refractivity contribution is 5.75. The zero-order chi connectivity index (χ0) is 10.3. The molecule has 0 radical (unpaired) electrons. The lowest BCUT2D eigenvalue weighted by atomic mass is 9.75. The van der Waals surface area contributed by atoms with Crippen molar-refractivity contribution in [2.75, 3.05) is 6.61 Å². The molecule has 2 rings (SSSR count). The first kappa shape index (κ1) is 9.97. The quantitative estimate of drug-likeness (QED) is 0.660. The highest BCUT2D eigenvalue weighted by Gasteiger charge is 2.60. The van der Waals surface area contributed by atoms with E-state index in [2.05, 4.69) is 12.7 Å². The summed E-state index contributed by atoms with van der Waals surface area (Å²) in [6, 6.07) is 0. The average molecular weight is 198 g/mol. The Morgan fingerprint density at radius 1 is 1.57 bits per heavy atom. The first-order chi connectivity index (χ1) is 6.57. The molecule has 0 amide bonds. The number of ether oxygens (including phenoxy) is 1. The molecule has 4 atom stereocenters. The van der Waals surface area contributed by atoms with E-state index >= 15 is 0 Å². The molecule has 0 aromatic rings. The SMILES string of the molecule is CCOC(=O)[C@@H]1[C@H]2CC[C@H](C2)[C@]1(C)[NH3+]. The molecule has 0 spiro atoms. The van der Waals surface area contributed by atoms with E-state index in [9.17, 15) is 4.79 Å². The van der Waals surface area contributed by atoms with E-state index in [-0.39, 0.29) is 17.4 Å². The first-order valence-electron chi connectivity index (χ1n) is 5.59. The summed E-state index contributed by atoms with van der Waals surface area (Å²) in [7, 11) is 0. The topological polar surface area (TPSA) is 53.9 Å². The molecule has 2 saturated carbocycles. The fourth-order valence-corrected chi connectivity index (χ4v) is 3.40. The lowest BCUT2D eigenvalue weighted by molar-refractivity contribution is -0.494. The van der Waals surface area contributed by atoms with Crippen LogP contribution in [0, 0.1) is 17.8 Å². The van der Waals surface area contributed by atoms with Crippen molar-refractivity contribution in [3.8, 4) is 0 Å². The number of hydrogen-bond donors (Lipinski definition) is 1. The van der Waals surface area contributed by atoms with Crippen molar-refractivity contribution in [3.63, 3.8) is 0 Å². The minimum absolute atomic E-state index is 0.0165. The van der Waals surface area contributed by atoms with Crippen LogP contribution < -0.4 is 5.73 Å². The van der Waals surface area contributed by atoms with Gasteiger partial charge in [0.05, 0.1) is 6.61 Å². The van der Waals surface area contributed by atoms with Crippen LogP contribution in [0.1, 0.15) is 33.1 Å². The Bertz CT molecular complexity index is 250. The second kappa shape index (κ2) is 3.23. The number of rotatable bonds is 2. The van der Waals surface area contributed by atoms with Gasteiger partial charge in [-0.25, -0.2) is 0 Å². The largest absolute Gasteiger partial charge is 0.466 e. The molecule has 0 unspecified atom stereocenters. The Labute approximate surface area is 85.0 Å². The second-order valence-corrected chi connectivity index (χ2v) is 5.01. The fraction of sp³-hybridized carbons (Fsp3) is 0.909. The van der Waals surface area contributed by atoms with E-state index in [0.29, 0.717) is 18.4 Å². The third-order valence-electron chi connectivity index (χ3n) is 4.13. The van der Waals surface area contributed by atoms with Gasteiger partial charge >= 0.3 is 5.97 Å². The molecule has 0 aliphatic heterocycles. The van der Waals surface area contributed by atoms with E-state index in [1.54, 1.807) is 0 Å². The van der Waals surface area contributed by atoms with E-state index in [1.807, 2.05) is 6.92 Å². The van der Waals surface area contributed by atoms with Crippen LogP contribution in [0.5, 0.6) is 0 Å². The Kier molecular flexibility index (Phi) is 2.30. The molecule has 2 aliphatic carbocycles. The predicted molar refractivity (Wildman–Crippen MR) is 52.2 cm³/mol. The molecule has 2 aliphatic rings. The molecule has 80 valence electrons. The molecule has 0 saturated heterocycles. The molecular formula is C11H20NO2+. The molecule has 0 aromatic carbocycles. The number of quaternary nitrogens is 1. The van der Waals surface area contributed by atoms with Crippen LogP contribution in [0.3, 0.4) is 0 Å². The van der Waals surface area contributed by atoms with Gasteiger partial charge in [-0.05, 0) is 39.0 Å². The van der Waals surface area contributed by atoms with Gasteiger partial charge in [0.25, 0.3) is 0 Å². The molecule has 3 heteroatoms. The molecule has 3 nitrogen and oxygen atoms in total. The summed E-state index contributed by atoms with van der Waals surface area (Å²) in [6.07, 6.45) is 3.63. The average Bonchev–Trinajstić information content (AvgIpc) is 2.61. The maximum Gasteiger partial charge on any atom is 0.315 e. The fourth-order valence-electron chi connectivity index (χ4n) is 3.40. The molecule has 3 N–H and O–H groups in total. The van der Waals surface area contributed by atoms with Gasteiger partial charge in [-0.1, -0.05) is 0 Å². The van der Waals surface area contributed by atoms with Crippen LogP contribution in [-0.4, -0.2) is 18.1 Å². The van der Waals surface area contributed by atoms with Crippen molar-refractivity contribution in [1.29, 1.82) is 0 Å². The number of esters is 1. The Morgan fingerprint density at radius 2 is 2.29 bits per heavy atom. The predicted octanol–water partition coefficient (Wildman–Crippen LogP) is 0.596. The summed E-state index contributed by atoms with van der Waals surface area (Å²) in [5.41, 5.74) is 4.16. The zero-order valence-corrected chi connectivity index (χ0v) is 9.08. The van der Waals surface area contributed by atoms with Gasteiger partial charge in [0.2, 0.25) is 0 Å². The van der Waals surface area contributed by atoms with Gasteiger partial charge in [0.15, 0.2) is 0 Å². The number of carbonyl (C=O) groups is 1. The summed E-state index contributed by atoms with van der Waals surface area (Å²) in [5, 5.41) is 0. The van der Waals surface area contributed by atoms with Crippen molar-refractivity contribution in [2.45, 2.75) is 38.6 Å². The molecule has 2 fully saturated rings. The summed E-state index contributed by atoms with van der Waals surface area (Å²) >= 11 is 0. The van der Waals surface area contributed by atoms with Gasteiger partial charge in [-0.2, -0.15) is 0 Å². The van der Waals surface area contributed by atoms with Crippen LogP contribution in [0.4, 0.5) is 0 Å². The molecule has 0 aromatic heterocycles. The smallest absolute Gasteiger partial charge is 0.315 e. The Hall–Kier alpha value is -0.570. The Balaban J connectivity index is 2.15. The molecule has 14 heavy (non-hydrogen) atoms. The molecule has 0 heterocycles. The lowest BCUT2D eigenvalue weighted by Crippen LogP contribution is -2.77. The lowest BCUT2D eigenvalue weighted by Gasteiger charge is -2.32. The van der Waals surface area contributed by atoms with Gasteiger partial charge in [0.1, 0.15) is 11.5 Å². The molecular weight excluding hydrogens is 178 g/mol. The normalized spacial score (nSPS) is 45.5. The van der Waals surface area contributed by atoms with Crippen LogP contribution >= 0.6 is 0 Å². The van der Waals surface area contributed by atoms with Gasteiger partial charge < -0.3 is 10.5 Å². The van der Waals surface area contributed by atoms with Gasteiger partial charge in [0, 0.05) is 5.92 Å². The third-order valence-corrected chi connectivity index (χ3v) is 4.13. The summed E-state index contributed by atoms with van der Waals surface area (Å²) in [4.78, 5) is 11.8. The van der Waals surface area contributed by atoms with Crippen LogP contribution in [0.15, 0.2) is 0 Å². The number of hydrogen-bond acceptors (Lipinski definition) is 2. The van der Waals surface area contributed by atoms with Crippen molar-refractivity contribution in [2.24, 2.45) is 17.8 Å². The van der Waals surface area contributed by atoms with Crippen LogP contribution in [0.2, 0.25) is 0 Å². The monoisotopic (exact) mass is 198 g/mol. The number of carbonyl (C=O) groups excluding carboxylic acids is 1. The van der Waals surface area contributed by atoms with E-state index in [4.69, 9.17) is 4.74 Å². The molecule has 2 bridgehead atoms. The summed E-state index contributed by atoms with van der Waals surface area (Å²) in [5.74, 6) is 1.22. The van der Waals surface area contributed by atoms with E-state index in [0.717, 1.165) is 0 Å². The second-order valence-electron chi connectivity index (χ2n) is 5.01. The highest BCUT2D eigenvalue weighted by atomic mass is 16.5. The maximum atomic E-state index is 11.8. The standard InChI is InChI=1S/C11H19NO2/c1-3-14-10(13)9-7-4-5-8(6-7)11(9,2)12/h7-9H,3-6,12H2,1-2H3/p+1/t7-,8+,9-,11-/m0/s1. The van der Waals surface area contributed by atoms with Crippen LogP contribution in [-0.2, 0) is 9.53 Å². The van der Waals surface area contributed by atoms with Crippen molar-refractivity contribution in [1.82, 2.24) is 0 Å². The first-order valence-corrected chi connectivity index (χ1v) is 5.59. The van der Waals surface area contributed by atoms with Gasteiger partial charge in [-0.3, -0.25) is 4.79 Å². The minimum atomic E-state index is -0.0742. The van der Waals surface area contributed by atoms with Crippen molar-refractivity contribution < 1.29 is 15.3 Å². The summed E-state index contributed by atoms with van der Waals surface area (Å²) < 4.78 is 5.14. The Morgan fingerprint density at radius 3 is 2.79 bits per heavy atom. The van der Waals surface area contributed by atoms with Gasteiger partial charge in [-0.15, -0.1) is 0 Å². The maximum absolute atomic E-state index is 11.8. The van der Waals surface area contributed by atoms with Crippen molar-refractivity contribution >= 4 is 5.97 Å². The van der Waals surface area contributed by atoms with Crippen molar-refractivity contribution in [3.05, 3.63) is 0 Å². The third kappa shape index (κ3) is 1.26. The summed E-state index contributed by atoms with van der Waals surface area (Å²) in [6.45, 7) is 4.48. The minimum Gasteiger partial charge on any atom is -0.466 e. The number of fused-ring (bicyclic) bond motifs is 2. The van der Waals surface area contributed by atoms with E-state index < -0.39 is 0 Å². The van der Waals surface area contributed by atoms with E-state index in [1.165, 1.54) is 19.3 Å². The highest BCUT2D eigenvalue weighted by Crippen LogP contribution is 2.52. The zero-order valence-electron chi connectivity index (χ0n) is 9.08. The van der Waals surface area contributed by atoms with Crippen LogP contribution in [0.25, 0.3) is 0 Å².